The van der Waals surface area contributed by atoms with Crippen LogP contribution < -0.4 is 5.56 Å². The highest BCUT2D eigenvalue weighted by Gasteiger charge is 2.18. The molecule has 2 rings (SSSR count). The van der Waals surface area contributed by atoms with Crippen LogP contribution in [0.2, 0.25) is 0 Å². The minimum Gasteiger partial charge on any atom is -0.376 e. The summed E-state index contributed by atoms with van der Waals surface area (Å²) in [7, 11) is 0. The Labute approximate surface area is 106 Å². The van der Waals surface area contributed by atoms with Crippen LogP contribution in [0.1, 0.15) is 36.1 Å². The van der Waals surface area contributed by atoms with E-state index in [0.29, 0.717) is 12.1 Å². The zero-order valence-corrected chi connectivity index (χ0v) is 10.8. The molecule has 1 aliphatic heterocycles. The lowest BCUT2D eigenvalue weighted by molar-refractivity contribution is 0.00305. The third kappa shape index (κ3) is 2.44. The van der Waals surface area contributed by atoms with Gasteiger partial charge in [-0.1, -0.05) is 0 Å². The molecule has 2 heterocycles. The first-order valence-corrected chi connectivity index (χ1v) is 6.23. The molecule has 0 spiro atoms. The molecule has 1 unspecified atom stereocenters. The number of ether oxygens (including phenoxy) is 1. The predicted molar refractivity (Wildman–Crippen MR) is 66.3 cm³/mol. The molecule has 18 heavy (non-hydrogen) atoms. The maximum atomic E-state index is 12.1. The summed E-state index contributed by atoms with van der Waals surface area (Å²) < 4.78 is 6.97. The number of nitrogens with zero attached hydrogens (tertiary/aromatic N) is 3. The second kappa shape index (κ2) is 5.32. The molecule has 96 valence electrons. The maximum absolute atomic E-state index is 12.1. The van der Waals surface area contributed by atoms with Crippen molar-refractivity contribution in [2.24, 2.45) is 0 Å². The molecule has 1 aromatic heterocycles. The van der Waals surface area contributed by atoms with Gasteiger partial charge in [-0.3, -0.25) is 4.79 Å². The second-order valence-electron chi connectivity index (χ2n) is 4.67. The zero-order chi connectivity index (χ0) is 13.1. The highest BCUT2D eigenvalue weighted by molar-refractivity contribution is 5.36. The fraction of sp³-hybridized carbons (Fsp3) is 0.615. The Morgan fingerprint density at radius 3 is 2.89 bits per heavy atom. The number of rotatable bonds is 2. The predicted octanol–water partition coefficient (Wildman–Crippen LogP) is 1.30. The third-order valence-electron chi connectivity index (χ3n) is 3.40. The fourth-order valence-corrected chi connectivity index (χ4v) is 2.17. The molecule has 1 aliphatic rings. The van der Waals surface area contributed by atoms with E-state index in [1.165, 1.54) is 4.68 Å². The number of aromatic nitrogens is 2. The summed E-state index contributed by atoms with van der Waals surface area (Å²) in [6, 6.07) is 1.97. The van der Waals surface area contributed by atoms with Crippen molar-refractivity contribution in [1.29, 1.82) is 5.26 Å². The first-order chi connectivity index (χ1) is 8.63. The summed E-state index contributed by atoms with van der Waals surface area (Å²) in [4.78, 5) is 12.1. The van der Waals surface area contributed by atoms with Crippen LogP contribution in [0, 0.1) is 25.2 Å². The van der Waals surface area contributed by atoms with Crippen molar-refractivity contribution in [2.45, 2.75) is 45.8 Å². The van der Waals surface area contributed by atoms with E-state index in [9.17, 15) is 4.79 Å². The monoisotopic (exact) mass is 247 g/mol. The second-order valence-corrected chi connectivity index (χ2v) is 4.67. The van der Waals surface area contributed by atoms with E-state index in [0.717, 1.165) is 31.6 Å². The molecule has 1 saturated heterocycles. The van der Waals surface area contributed by atoms with Crippen LogP contribution in [0.25, 0.3) is 0 Å². The van der Waals surface area contributed by atoms with E-state index < -0.39 is 0 Å². The SMILES string of the molecule is Cc1nn(CC2CCCCO2)c(=O)c(C#N)c1C. The molecule has 0 radical (unpaired) electrons. The molecule has 5 heteroatoms. The average molecular weight is 247 g/mol. The Hall–Kier alpha value is -1.67. The maximum Gasteiger partial charge on any atom is 0.285 e. The summed E-state index contributed by atoms with van der Waals surface area (Å²) in [5.74, 6) is 0. The standard InChI is InChI=1S/C13H17N3O2/c1-9-10(2)15-16(13(17)12(9)7-14)8-11-5-3-4-6-18-11/h11H,3-6,8H2,1-2H3. The highest BCUT2D eigenvalue weighted by Crippen LogP contribution is 2.14. The number of nitriles is 1. The van der Waals surface area contributed by atoms with Crippen molar-refractivity contribution in [2.75, 3.05) is 6.61 Å². The normalized spacial score (nSPS) is 19.5. The molecule has 5 nitrogen and oxygen atoms in total. The number of aryl methyl sites for hydroxylation is 1. The minimum absolute atomic E-state index is 0.0394. The van der Waals surface area contributed by atoms with Crippen LogP contribution in [-0.4, -0.2) is 22.5 Å². The summed E-state index contributed by atoms with van der Waals surface area (Å²) >= 11 is 0. The van der Waals surface area contributed by atoms with Crippen molar-refractivity contribution in [3.05, 3.63) is 27.2 Å². The third-order valence-corrected chi connectivity index (χ3v) is 3.40. The molecule has 1 aromatic rings. The summed E-state index contributed by atoms with van der Waals surface area (Å²) in [6.45, 7) is 4.75. The van der Waals surface area contributed by atoms with Gasteiger partial charge in [-0.2, -0.15) is 10.4 Å². The lowest BCUT2D eigenvalue weighted by atomic mass is 10.1. The Morgan fingerprint density at radius 1 is 1.50 bits per heavy atom. The van der Waals surface area contributed by atoms with Crippen molar-refractivity contribution >= 4 is 0 Å². The van der Waals surface area contributed by atoms with Crippen LogP contribution >= 0.6 is 0 Å². The molecule has 1 atom stereocenters. The largest absolute Gasteiger partial charge is 0.376 e. The summed E-state index contributed by atoms with van der Waals surface area (Å²) in [5, 5.41) is 13.3. The van der Waals surface area contributed by atoms with Crippen LogP contribution in [0.15, 0.2) is 4.79 Å². The van der Waals surface area contributed by atoms with Crippen molar-refractivity contribution < 1.29 is 4.74 Å². The molecule has 0 saturated carbocycles. The van der Waals surface area contributed by atoms with Gasteiger partial charge in [0.2, 0.25) is 0 Å². The average Bonchev–Trinajstić information content (AvgIpc) is 2.38. The Morgan fingerprint density at radius 2 is 2.28 bits per heavy atom. The van der Waals surface area contributed by atoms with Gasteiger partial charge < -0.3 is 4.74 Å². The van der Waals surface area contributed by atoms with Gasteiger partial charge in [0, 0.05) is 6.61 Å². The van der Waals surface area contributed by atoms with Gasteiger partial charge in [-0.25, -0.2) is 4.68 Å². The van der Waals surface area contributed by atoms with E-state index in [1.807, 2.05) is 13.0 Å². The highest BCUT2D eigenvalue weighted by atomic mass is 16.5. The van der Waals surface area contributed by atoms with Gasteiger partial charge in [0.25, 0.3) is 5.56 Å². The molecule has 0 aromatic carbocycles. The Kier molecular flexibility index (Phi) is 3.78. The number of hydrogen-bond donors (Lipinski definition) is 0. The molecule has 0 aliphatic carbocycles. The molecular weight excluding hydrogens is 230 g/mol. The van der Waals surface area contributed by atoms with Crippen LogP contribution in [0.3, 0.4) is 0 Å². The van der Waals surface area contributed by atoms with Crippen molar-refractivity contribution in [1.82, 2.24) is 9.78 Å². The van der Waals surface area contributed by atoms with Crippen LogP contribution in [0.4, 0.5) is 0 Å². The van der Waals surface area contributed by atoms with Crippen molar-refractivity contribution in [3.63, 3.8) is 0 Å². The quantitative estimate of drug-likeness (QED) is 0.790. The topological polar surface area (TPSA) is 67.9 Å². The van der Waals surface area contributed by atoms with Crippen LogP contribution in [-0.2, 0) is 11.3 Å². The Bertz CT molecular complexity index is 536. The van der Waals surface area contributed by atoms with E-state index in [2.05, 4.69) is 5.10 Å². The van der Waals surface area contributed by atoms with Crippen molar-refractivity contribution in [3.8, 4) is 6.07 Å². The number of hydrogen-bond acceptors (Lipinski definition) is 4. The Balaban J connectivity index is 2.31. The fourth-order valence-electron chi connectivity index (χ4n) is 2.17. The minimum atomic E-state index is -0.310. The smallest absolute Gasteiger partial charge is 0.285 e. The van der Waals surface area contributed by atoms with E-state index in [-0.39, 0.29) is 17.2 Å². The molecule has 0 N–H and O–H groups in total. The first kappa shape index (κ1) is 12.8. The molecule has 0 bridgehead atoms. The van der Waals surface area contributed by atoms with E-state index in [1.54, 1.807) is 6.92 Å². The molecular formula is C13H17N3O2. The molecule has 0 amide bonds. The lowest BCUT2D eigenvalue weighted by Gasteiger charge is -2.23. The van der Waals surface area contributed by atoms with E-state index in [4.69, 9.17) is 10.00 Å². The zero-order valence-electron chi connectivity index (χ0n) is 10.8. The summed E-state index contributed by atoms with van der Waals surface area (Å²) in [5.41, 5.74) is 1.28. The van der Waals surface area contributed by atoms with E-state index >= 15 is 0 Å². The van der Waals surface area contributed by atoms with Gasteiger partial charge in [-0.05, 0) is 38.7 Å². The lowest BCUT2D eigenvalue weighted by Crippen LogP contribution is -2.34. The summed E-state index contributed by atoms with van der Waals surface area (Å²) in [6.07, 6.45) is 3.19. The van der Waals surface area contributed by atoms with Gasteiger partial charge in [0.15, 0.2) is 0 Å². The van der Waals surface area contributed by atoms with Gasteiger partial charge >= 0.3 is 0 Å². The van der Waals surface area contributed by atoms with Gasteiger partial charge in [0.1, 0.15) is 11.6 Å². The van der Waals surface area contributed by atoms with Gasteiger partial charge in [-0.15, -0.1) is 0 Å². The first-order valence-electron chi connectivity index (χ1n) is 6.23. The van der Waals surface area contributed by atoms with Crippen LogP contribution in [0.5, 0.6) is 0 Å². The molecule has 1 fully saturated rings. The van der Waals surface area contributed by atoms with Gasteiger partial charge in [0.05, 0.1) is 18.3 Å².